The molecule has 1 saturated heterocycles. The summed E-state index contributed by atoms with van der Waals surface area (Å²) in [6, 6.07) is 0. The second-order valence-electron chi connectivity index (χ2n) is 8.47. The first-order valence-electron chi connectivity index (χ1n) is 10.9. The number of rotatable bonds is 16. The first-order valence-corrected chi connectivity index (χ1v) is 10.9. The molecule has 2 heteroatoms. The molecule has 164 valence electrons. The molecule has 0 aromatic rings. The molecule has 0 aromatic carbocycles. The molecule has 1 heterocycles. The number of hydrogen-bond acceptors (Lipinski definition) is 1. The highest BCUT2D eigenvalue weighted by molar-refractivity contribution is 5.24. The lowest BCUT2D eigenvalue weighted by molar-refractivity contribution is -1.00. The van der Waals surface area contributed by atoms with Crippen LogP contribution in [0.4, 0.5) is 0 Å². The van der Waals surface area contributed by atoms with Crippen LogP contribution in [-0.4, -0.2) is 46.3 Å². The fourth-order valence-electron chi connectivity index (χ4n) is 6.67. The Morgan fingerprint density at radius 2 is 0.933 bits per heavy atom. The van der Waals surface area contributed by atoms with Gasteiger partial charge in [0.15, 0.2) is 5.66 Å². The molecule has 0 aromatic heterocycles. The van der Waals surface area contributed by atoms with Crippen molar-refractivity contribution in [2.24, 2.45) is 0 Å². The summed E-state index contributed by atoms with van der Waals surface area (Å²) in [5, 5.41) is 0. The van der Waals surface area contributed by atoms with E-state index in [1.54, 1.807) is 0 Å². The zero-order chi connectivity index (χ0) is 22.9. The molecule has 1 fully saturated rings. The summed E-state index contributed by atoms with van der Waals surface area (Å²) < 4.78 is 0.779. The molecule has 0 amide bonds. The second kappa shape index (κ2) is 10.7. The average Bonchev–Trinajstić information content (AvgIpc) is 2.82. The maximum atomic E-state index is 4.18. The molecule has 0 aliphatic carbocycles. The van der Waals surface area contributed by atoms with Crippen molar-refractivity contribution < 1.29 is 4.48 Å². The average molecular weight is 408 g/mol. The minimum absolute atomic E-state index is 0.220. The summed E-state index contributed by atoms with van der Waals surface area (Å²) in [7, 11) is 2.26. The molecule has 0 unspecified atom stereocenters. The van der Waals surface area contributed by atoms with Gasteiger partial charge >= 0.3 is 0 Å². The predicted octanol–water partition coefficient (Wildman–Crippen LogP) is 6.75. The maximum Gasteiger partial charge on any atom is 0.163 e. The lowest BCUT2D eigenvalue weighted by Crippen LogP contribution is -2.73. The number of nitrogens with zero attached hydrogens (tertiary/aromatic N) is 2. The smallest absolute Gasteiger partial charge is 0.163 e. The first kappa shape index (κ1) is 25.9. The van der Waals surface area contributed by atoms with E-state index >= 15 is 0 Å². The predicted molar refractivity (Wildman–Crippen MR) is 135 cm³/mol. The van der Waals surface area contributed by atoms with Gasteiger partial charge in [-0.3, -0.25) is 4.48 Å². The summed E-state index contributed by atoms with van der Waals surface area (Å²) in [6.45, 7) is 34.9. The van der Waals surface area contributed by atoms with Gasteiger partial charge in [0.25, 0.3) is 0 Å². The van der Waals surface area contributed by atoms with Gasteiger partial charge in [0.05, 0.1) is 18.6 Å². The molecule has 0 saturated carbocycles. The van der Waals surface area contributed by atoms with Crippen molar-refractivity contribution in [1.29, 1.82) is 0 Å². The molecule has 30 heavy (non-hydrogen) atoms. The Labute approximate surface area is 186 Å². The monoisotopic (exact) mass is 407 g/mol. The normalized spacial score (nSPS) is 20.6. The Morgan fingerprint density at radius 3 is 1.23 bits per heavy atom. The fraction of sp³-hybridized carbons (Fsp3) is 0.429. The van der Waals surface area contributed by atoms with E-state index in [0.717, 1.165) is 56.1 Å². The molecule has 2 nitrogen and oxygen atoms in total. The van der Waals surface area contributed by atoms with E-state index in [9.17, 15) is 0 Å². The summed E-state index contributed by atoms with van der Waals surface area (Å²) in [5.74, 6) is 0. The highest BCUT2D eigenvalue weighted by Crippen LogP contribution is 2.62. The van der Waals surface area contributed by atoms with Gasteiger partial charge in [-0.2, -0.15) is 0 Å². The van der Waals surface area contributed by atoms with Crippen LogP contribution < -0.4 is 0 Å². The summed E-state index contributed by atoms with van der Waals surface area (Å²) in [5.41, 5.74) is -0.705. The highest BCUT2D eigenvalue weighted by atomic mass is 15.6. The molecule has 0 spiro atoms. The van der Waals surface area contributed by atoms with E-state index < -0.39 is 0 Å². The molecule has 1 aliphatic rings. The molecule has 1 rings (SSSR count). The van der Waals surface area contributed by atoms with Gasteiger partial charge in [0.1, 0.15) is 5.54 Å². The van der Waals surface area contributed by atoms with Crippen molar-refractivity contribution in [3.63, 3.8) is 0 Å². The third-order valence-electron chi connectivity index (χ3n) is 7.50. The van der Waals surface area contributed by atoms with Gasteiger partial charge in [-0.1, -0.05) is 49.6 Å². The quantitative estimate of drug-likeness (QED) is 0.202. The Kier molecular flexibility index (Phi) is 9.27. The minimum Gasteiger partial charge on any atom is -0.292 e. The summed E-state index contributed by atoms with van der Waals surface area (Å²) in [6.07, 6.45) is 21.4. The van der Waals surface area contributed by atoms with Crippen LogP contribution in [0.25, 0.3) is 0 Å². The molecular formula is C28H43N2+. The molecule has 0 N–H and O–H groups in total. The number of likely N-dealkylation sites (N-methyl/N-ethyl adjacent to an activating group) is 1. The van der Waals surface area contributed by atoms with Gasteiger partial charge in [0.2, 0.25) is 0 Å². The van der Waals surface area contributed by atoms with E-state index in [-0.39, 0.29) is 16.7 Å². The lowest BCUT2D eigenvalue weighted by Gasteiger charge is -2.57. The van der Waals surface area contributed by atoms with Gasteiger partial charge < -0.3 is 0 Å². The van der Waals surface area contributed by atoms with Crippen LogP contribution in [0, 0.1) is 0 Å². The second-order valence-corrected chi connectivity index (χ2v) is 8.47. The van der Waals surface area contributed by atoms with Crippen molar-refractivity contribution in [2.75, 3.05) is 20.1 Å². The maximum absolute atomic E-state index is 4.18. The summed E-state index contributed by atoms with van der Waals surface area (Å²) in [4.78, 5) is 2.59. The number of hydrogen-bond donors (Lipinski definition) is 0. The minimum atomic E-state index is -0.260. The van der Waals surface area contributed by atoms with E-state index in [1.165, 1.54) is 0 Å². The van der Waals surface area contributed by atoms with E-state index in [1.807, 2.05) is 12.2 Å². The van der Waals surface area contributed by atoms with E-state index in [0.29, 0.717) is 0 Å². The molecule has 0 atom stereocenters. The molecule has 1 aliphatic heterocycles. The molecule has 0 bridgehead atoms. The Morgan fingerprint density at radius 1 is 0.567 bits per heavy atom. The largest absolute Gasteiger partial charge is 0.292 e. The summed E-state index contributed by atoms with van der Waals surface area (Å²) >= 11 is 0. The standard InChI is InChI=1S/C28H43N2/c1-10-18-26(19-11-2)27(20-12-3,21-13-4)30(24-16-7,25-17-8)28(22-14-5,23-15-6)29(26)9/h10-17H,1-8,18-25H2,9H3/q+1. The van der Waals surface area contributed by atoms with Crippen LogP contribution in [0.1, 0.15) is 38.5 Å². The third-order valence-corrected chi connectivity index (χ3v) is 7.50. The zero-order valence-corrected chi connectivity index (χ0v) is 19.3. The zero-order valence-electron chi connectivity index (χ0n) is 19.3. The lowest BCUT2D eigenvalue weighted by atomic mass is 9.67. The fourth-order valence-corrected chi connectivity index (χ4v) is 6.67. The van der Waals surface area contributed by atoms with Gasteiger partial charge in [0, 0.05) is 25.7 Å². The SMILES string of the molecule is C=CCC1(CC=C)N(C)C(CC=C)(CC=C)[N+](CC=C)(CC=C)C1(CC=C)CC=C. The Balaban J connectivity index is 4.32. The third kappa shape index (κ3) is 3.36. The Hall–Kier alpha value is -2.16. The van der Waals surface area contributed by atoms with Crippen LogP contribution in [0.5, 0.6) is 0 Å². The van der Waals surface area contributed by atoms with Crippen molar-refractivity contribution >= 4 is 0 Å². The number of quaternary nitrogens is 1. The highest BCUT2D eigenvalue weighted by Gasteiger charge is 2.77. The van der Waals surface area contributed by atoms with Crippen LogP contribution in [0.3, 0.4) is 0 Å². The van der Waals surface area contributed by atoms with Crippen molar-refractivity contribution in [2.45, 2.75) is 55.3 Å². The Bertz CT molecular complexity index is 583. The van der Waals surface area contributed by atoms with Crippen molar-refractivity contribution in [1.82, 2.24) is 4.90 Å². The van der Waals surface area contributed by atoms with E-state index in [4.69, 9.17) is 0 Å². The van der Waals surface area contributed by atoms with Crippen LogP contribution in [0.15, 0.2) is 101 Å². The van der Waals surface area contributed by atoms with Gasteiger partial charge in [-0.05, 0) is 32.0 Å². The van der Waals surface area contributed by atoms with Crippen molar-refractivity contribution in [3.05, 3.63) is 101 Å². The van der Waals surface area contributed by atoms with Gasteiger partial charge in [-0.15, -0.1) is 39.5 Å². The van der Waals surface area contributed by atoms with Crippen LogP contribution in [0.2, 0.25) is 0 Å². The molecular weight excluding hydrogens is 364 g/mol. The topological polar surface area (TPSA) is 3.24 Å². The van der Waals surface area contributed by atoms with Crippen LogP contribution >= 0.6 is 0 Å². The first-order chi connectivity index (χ1) is 14.4. The molecule has 0 radical (unpaired) electrons. The van der Waals surface area contributed by atoms with Crippen LogP contribution in [-0.2, 0) is 0 Å². The van der Waals surface area contributed by atoms with Gasteiger partial charge in [-0.25, -0.2) is 4.90 Å². The van der Waals surface area contributed by atoms with Crippen molar-refractivity contribution in [3.8, 4) is 0 Å². The van der Waals surface area contributed by atoms with E-state index in [2.05, 4.69) is 101 Å².